The van der Waals surface area contributed by atoms with Gasteiger partial charge >= 0.3 is 222 Å². The highest BCUT2D eigenvalue weighted by Gasteiger charge is 3.04. The molecule has 0 rings (SSSR count). The van der Waals surface area contributed by atoms with Crippen molar-refractivity contribution in [2.45, 2.75) is 233 Å². The van der Waals surface area contributed by atoms with Crippen LogP contribution in [0, 0.1) is 0 Å². The minimum Gasteiger partial charge on any atom is -0.287 e. The third kappa shape index (κ3) is 14.9. The van der Waals surface area contributed by atoms with Crippen LogP contribution in [-0.4, -0.2) is 234 Å². The second-order valence-corrected chi connectivity index (χ2v) is 24.7. The molecule has 0 bridgehead atoms. The van der Waals surface area contributed by atoms with E-state index in [2.05, 4.69) is 13.6 Å². The van der Waals surface area contributed by atoms with Gasteiger partial charge in [-0.1, -0.05) is 0 Å². The van der Waals surface area contributed by atoms with Crippen molar-refractivity contribution in [2.75, 3.05) is 19.8 Å². The zero-order valence-corrected chi connectivity index (χ0v) is 53.6. The Hall–Kier alpha value is -5.14. The molecular formula is C42H12F75O4P. The first-order valence-electron chi connectivity index (χ1n) is 26.6. The van der Waals surface area contributed by atoms with Gasteiger partial charge in [-0.2, -0.15) is 329 Å². The summed E-state index contributed by atoms with van der Waals surface area (Å²) in [7, 11) is -8.78. The molecule has 0 N–H and O–H groups in total. The molecule has 0 fully saturated rings. The van der Waals surface area contributed by atoms with E-state index in [4.69, 9.17) is 0 Å². The van der Waals surface area contributed by atoms with Crippen LogP contribution in [0.5, 0.6) is 0 Å². The minimum absolute atomic E-state index is 2.69. The van der Waals surface area contributed by atoms with Crippen LogP contribution in [0.1, 0.15) is 19.3 Å². The van der Waals surface area contributed by atoms with Crippen molar-refractivity contribution in [1.82, 2.24) is 0 Å². The number of phosphoric ester groups is 1. The van der Waals surface area contributed by atoms with Gasteiger partial charge in [-0.15, -0.1) is 0 Å². The summed E-state index contributed by atoms with van der Waals surface area (Å²) in [6, 6.07) is 0. The SMILES string of the molecule is O=P(OCCC(F)(F)C(F)(F)C(F)(F)C(F)(F)C(F)(F)C(F)(F)C(F)(F)C(F)(F)C(F)(F)C(F)(F)C(F)(F)C(F)(F)F)(OCCC(F)(F)C(F)(F)C(F)(F)C(F)(F)C(F)(F)C(F)(F)C(F)(F)C(F)(F)C(F)(F)C(F)(F)C(F)(F)C(F)(F)F)OCCC(F)(F)C(F)(F)C(F)(F)C(F)(F)C(F)(F)C(F)(F)C(F)(F)C(F)(F)C(F)(F)C(F)(F)C(F)(F)C(F)(F)F. The van der Waals surface area contributed by atoms with Crippen LogP contribution in [0.15, 0.2) is 0 Å². The normalized spacial score (nSPS) is 17.3. The summed E-state index contributed by atoms with van der Waals surface area (Å²) in [4.78, 5) is 0. The molecule has 80 heteroatoms. The molecule has 0 saturated heterocycles. The fourth-order valence-electron chi connectivity index (χ4n) is 7.39. The average molecular weight is 2040 g/mol. The van der Waals surface area contributed by atoms with E-state index in [9.17, 15) is 334 Å². The van der Waals surface area contributed by atoms with Gasteiger partial charge in [0, 0.05) is 19.3 Å². The van der Waals surface area contributed by atoms with Crippen molar-refractivity contribution < 1.29 is 347 Å². The summed E-state index contributed by atoms with van der Waals surface area (Å²) in [5, 5.41) is 0. The minimum atomic E-state index is -10.5. The quantitative estimate of drug-likeness (QED) is 0.0451. The topological polar surface area (TPSA) is 44.8 Å². The van der Waals surface area contributed by atoms with E-state index in [1.165, 1.54) is 0 Å². The number of rotatable bonds is 42. The molecule has 0 radical (unpaired) electrons. The maximum atomic E-state index is 14.7. The molecular weight excluding hydrogens is 2020 g/mol. The first kappa shape index (κ1) is 117. The van der Waals surface area contributed by atoms with E-state index in [-0.39, 0.29) is 0 Å². The van der Waals surface area contributed by atoms with E-state index in [0.29, 0.717) is 0 Å². The molecule has 0 aliphatic carbocycles. The molecule has 0 aromatic carbocycles. The van der Waals surface area contributed by atoms with Gasteiger partial charge < -0.3 is 0 Å². The standard InChI is InChI=1S/C42H12F75O4P/c43-7(44,10(49,50)13(55,56)16(61,62)19(67,68)22(73,74)25(79,80)28(85,86)31(91,92)34(97,98)37(103,104)40(109,110)111)1-4-119-122(118,120-5-2-8(45,46)11(51,52)14(57,58)17(63,64)20(69,70)23(75,76)26(81,82)29(87,88)32(93,94)35(99,100)38(105,106)41(112,113)114)121-6-3-9(47,48)12(53,54)15(59,60)18(65,66)21(71,72)24(77,78)27(83,84)30(89,90)33(95,96)36(101,102)39(107,108)42(115,116)117/h1-6H2. The average Bonchev–Trinajstić information content (AvgIpc) is 0.675. The molecule has 0 heterocycles. The summed E-state index contributed by atoms with van der Waals surface area (Å²) in [6.45, 7) is -13.3. The first-order valence-corrected chi connectivity index (χ1v) is 28.0. The maximum Gasteiger partial charge on any atom is 0.474 e. The van der Waals surface area contributed by atoms with Gasteiger partial charge in [-0.3, -0.25) is 13.6 Å². The highest BCUT2D eigenvalue weighted by atomic mass is 31.2. The van der Waals surface area contributed by atoms with Crippen molar-refractivity contribution in [2.24, 2.45) is 0 Å². The predicted molar refractivity (Wildman–Crippen MR) is 221 cm³/mol. The highest BCUT2D eigenvalue weighted by molar-refractivity contribution is 7.48. The lowest BCUT2D eigenvalue weighted by atomic mass is 9.84. The smallest absolute Gasteiger partial charge is 0.287 e. The number of hydrogen-bond acceptors (Lipinski definition) is 4. The van der Waals surface area contributed by atoms with E-state index < -0.39 is 261 Å². The molecule has 0 aromatic rings. The van der Waals surface area contributed by atoms with E-state index >= 15 is 0 Å². The van der Waals surface area contributed by atoms with E-state index in [1.54, 1.807) is 0 Å². The number of phosphoric acid groups is 1. The molecule has 0 aliphatic heterocycles. The molecule has 0 atom stereocenters. The molecule has 0 unspecified atom stereocenters. The van der Waals surface area contributed by atoms with Crippen LogP contribution in [0.3, 0.4) is 0 Å². The van der Waals surface area contributed by atoms with Crippen LogP contribution in [-0.2, 0) is 18.1 Å². The molecule has 734 valence electrons. The van der Waals surface area contributed by atoms with Crippen molar-refractivity contribution in [3.63, 3.8) is 0 Å². The molecule has 0 saturated carbocycles. The highest BCUT2D eigenvalue weighted by Crippen LogP contribution is 2.74. The predicted octanol–water partition coefficient (Wildman–Crippen LogP) is 26.0. The Morgan fingerprint density at radius 2 is 0.197 bits per heavy atom. The Morgan fingerprint density at radius 3 is 0.279 bits per heavy atom. The fraction of sp³-hybridized carbons (Fsp3) is 1.00. The van der Waals surface area contributed by atoms with Crippen LogP contribution >= 0.6 is 7.82 Å². The van der Waals surface area contributed by atoms with Crippen LogP contribution in [0.25, 0.3) is 0 Å². The van der Waals surface area contributed by atoms with Gasteiger partial charge in [-0.25, -0.2) is 4.57 Å². The number of alkyl halides is 75. The van der Waals surface area contributed by atoms with Crippen LogP contribution in [0.4, 0.5) is 329 Å². The van der Waals surface area contributed by atoms with Gasteiger partial charge in [0.25, 0.3) is 0 Å². The third-order valence-corrected chi connectivity index (χ3v) is 16.6. The Kier molecular flexibility index (Phi) is 28.7. The number of halogens is 75. The third-order valence-electron chi connectivity index (χ3n) is 15.1. The molecule has 0 aromatic heterocycles. The molecule has 0 aliphatic rings. The second-order valence-electron chi connectivity index (χ2n) is 23.0. The summed E-state index contributed by atoms with van der Waals surface area (Å²) < 4.78 is 1060. The van der Waals surface area contributed by atoms with Crippen LogP contribution in [0.2, 0.25) is 0 Å². The monoisotopic (exact) mass is 2040 g/mol. The van der Waals surface area contributed by atoms with Gasteiger partial charge in [0.15, 0.2) is 0 Å². The lowest BCUT2D eigenvalue weighted by Gasteiger charge is -2.45. The lowest BCUT2D eigenvalue weighted by Crippen LogP contribution is -2.78. The second kappa shape index (κ2) is 30.0. The summed E-state index contributed by atoms with van der Waals surface area (Å²) in [5.74, 6) is -329. The van der Waals surface area contributed by atoms with Crippen molar-refractivity contribution >= 4 is 7.82 Å². The van der Waals surface area contributed by atoms with Crippen molar-refractivity contribution in [3.8, 4) is 0 Å². The first-order chi connectivity index (χ1) is 51.4. The van der Waals surface area contributed by atoms with Gasteiger partial charge in [0.2, 0.25) is 0 Å². The number of hydrogen-bond donors (Lipinski definition) is 0. The summed E-state index contributed by atoms with van der Waals surface area (Å²) in [5.41, 5.74) is 0. The van der Waals surface area contributed by atoms with Gasteiger partial charge in [-0.05, 0) is 0 Å². The molecule has 0 amide bonds. The Morgan fingerprint density at radius 1 is 0.123 bits per heavy atom. The van der Waals surface area contributed by atoms with Gasteiger partial charge in [0.1, 0.15) is 0 Å². The fourth-order valence-corrected chi connectivity index (χ4v) is 8.56. The maximum absolute atomic E-state index is 14.7. The summed E-state index contributed by atoms with van der Waals surface area (Å²) in [6.07, 6.45) is -41.0. The molecule has 122 heavy (non-hydrogen) atoms. The zero-order chi connectivity index (χ0) is 101. The van der Waals surface area contributed by atoms with E-state index in [1.807, 2.05) is 0 Å². The van der Waals surface area contributed by atoms with Crippen molar-refractivity contribution in [3.05, 3.63) is 0 Å². The largest absolute Gasteiger partial charge is 0.474 e. The Labute approximate surface area is 609 Å². The van der Waals surface area contributed by atoms with Crippen LogP contribution < -0.4 is 0 Å². The molecule has 0 spiro atoms. The van der Waals surface area contributed by atoms with E-state index in [0.717, 1.165) is 0 Å². The zero-order valence-electron chi connectivity index (χ0n) is 52.7. The van der Waals surface area contributed by atoms with Crippen molar-refractivity contribution in [1.29, 1.82) is 0 Å². The Balaban J connectivity index is 8.70. The Bertz CT molecular complexity index is 3310. The van der Waals surface area contributed by atoms with Gasteiger partial charge in [0.05, 0.1) is 19.8 Å². The summed E-state index contributed by atoms with van der Waals surface area (Å²) >= 11 is 0. The molecule has 4 nitrogen and oxygen atoms in total. The lowest BCUT2D eigenvalue weighted by molar-refractivity contribution is -0.482.